The van der Waals surface area contributed by atoms with Gasteiger partial charge in [-0.05, 0) is 45.4 Å². The lowest BCUT2D eigenvalue weighted by atomic mass is 10.1. The highest BCUT2D eigenvalue weighted by Crippen LogP contribution is 2.22. The van der Waals surface area contributed by atoms with Gasteiger partial charge >= 0.3 is 11.9 Å². The number of carbonyl (C=O) groups is 3. The number of oxazole rings is 1. The molecule has 8 nitrogen and oxygen atoms in total. The summed E-state index contributed by atoms with van der Waals surface area (Å²) in [5, 5.41) is 0. The van der Waals surface area contributed by atoms with Gasteiger partial charge < -0.3 is 18.9 Å². The molecule has 1 aromatic carbocycles. The highest BCUT2D eigenvalue weighted by molar-refractivity contribution is 6.03. The van der Waals surface area contributed by atoms with Gasteiger partial charge in [-0.15, -0.1) is 0 Å². The maximum Gasteiger partial charge on any atom is 0.361 e. The lowest BCUT2D eigenvalue weighted by Gasteiger charge is -2.04. The second-order valence-corrected chi connectivity index (χ2v) is 6.63. The third-order valence-corrected chi connectivity index (χ3v) is 4.54. The van der Waals surface area contributed by atoms with Crippen molar-refractivity contribution < 1.29 is 28.3 Å². The van der Waals surface area contributed by atoms with Crippen molar-refractivity contribution in [2.45, 2.75) is 27.7 Å². The Morgan fingerprint density at radius 3 is 2.40 bits per heavy atom. The molecule has 0 saturated heterocycles. The third-order valence-electron chi connectivity index (χ3n) is 4.54. The molecule has 0 aliphatic heterocycles. The molecule has 0 spiro atoms. The van der Waals surface area contributed by atoms with Crippen LogP contribution in [-0.4, -0.2) is 40.9 Å². The van der Waals surface area contributed by atoms with Crippen LogP contribution in [0.3, 0.4) is 0 Å². The molecular formula is C22H22N2O6. The molecule has 0 aliphatic rings. The summed E-state index contributed by atoms with van der Waals surface area (Å²) in [6.45, 7) is 6.34. The summed E-state index contributed by atoms with van der Waals surface area (Å²) in [5.41, 5.74) is 2.21. The van der Waals surface area contributed by atoms with Gasteiger partial charge in [-0.2, -0.15) is 0 Å². The van der Waals surface area contributed by atoms with E-state index in [1.165, 1.54) is 0 Å². The van der Waals surface area contributed by atoms with Gasteiger partial charge in [-0.1, -0.05) is 18.2 Å². The molecule has 30 heavy (non-hydrogen) atoms. The molecule has 0 aliphatic carbocycles. The largest absolute Gasteiger partial charge is 0.462 e. The van der Waals surface area contributed by atoms with E-state index in [4.69, 9.17) is 13.9 Å². The molecule has 0 amide bonds. The highest BCUT2D eigenvalue weighted by atomic mass is 16.5. The van der Waals surface area contributed by atoms with Gasteiger partial charge in [0.05, 0.1) is 17.9 Å². The lowest BCUT2D eigenvalue weighted by molar-refractivity contribution is 0.0465. The summed E-state index contributed by atoms with van der Waals surface area (Å²) in [6, 6.07) is 9.13. The van der Waals surface area contributed by atoms with E-state index in [0.29, 0.717) is 28.5 Å². The summed E-state index contributed by atoms with van der Waals surface area (Å²) in [7, 11) is 0. The van der Waals surface area contributed by atoms with E-state index in [0.717, 1.165) is 5.56 Å². The van der Waals surface area contributed by atoms with E-state index in [-0.39, 0.29) is 18.0 Å². The number of aromatic nitrogens is 2. The molecule has 0 saturated carbocycles. The number of rotatable bonds is 7. The zero-order valence-corrected chi connectivity index (χ0v) is 17.2. The highest BCUT2D eigenvalue weighted by Gasteiger charge is 2.25. The van der Waals surface area contributed by atoms with Crippen LogP contribution in [-0.2, 0) is 9.47 Å². The first-order chi connectivity index (χ1) is 14.3. The van der Waals surface area contributed by atoms with Crippen molar-refractivity contribution in [2.24, 2.45) is 0 Å². The van der Waals surface area contributed by atoms with Crippen LogP contribution in [0.15, 0.2) is 34.7 Å². The number of Topliss-reactive ketones (excluding diaryl/α,β-unsaturated/α-hetero) is 1. The monoisotopic (exact) mass is 410 g/mol. The SMILES string of the molecule is CCOC(=O)c1c(C)[nH]c(C(=O)COC(=O)c2nc(-c3ccccc3)oc2C)c1C. The van der Waals surface area contributed by atoms with Gasteiger partial charge in [-0.25, -0.2) is 14.6 Å². The quantitative estimate of drug-likeness (QED) is 0.466. The molecule has 0 radical (unpaired) electrons. The zero-order chi connectivity index (χ0) is 21.8. The van der Waals surface area contributed by atoms with Crippen molar-refractivity contribution >= 4 is 17.7 Å². The Balaban J connectivity index is 1.71. The smallest absolute Gasteiger partial charge is 0.361 e. The number of benzene rings is 1. The Bertz CT molecular complexity index is 1090. The first-order valence-electron chi connectivity index (χ1n) is 9.42. The Morgan fingerprint density at radius 2 is 1.73 bits per heavy atom. The topological polar surface area (TPSA) is 111 Å². The minimum absolute atomic E-state index is 0.00764. The number of ether oxygens (including phenoxy) is 2. The summed E-state index contributed by atoms with van der Waals surface area (Å²) >= 11 is 0. The van der Waals surface area contributed by atoms with Gasteiger partial charge in [0, 0.05) is 11.3 Å². The molecule has 0 unspecified atom stereocenters. The normalized spacial score (nSPS) is 10.7. The van der Waals surface area contributed by atoms with Crippen molar-refractivity contribution in [1.82, 2.24) is 9.97 Å². The van der Waals surface area contributed by atoms with Crippen LogP contribution >= 0.6 is 0 Å². The van der Waals surface area contributed by atoms with Crippen LogP contribution in [0.1, 0.15) is 55.3 Å². The minimum Gasteiger partial charge on any atom is -0.462 e. The van der Waals surface area contributed by atoms with Gasteiger partial charge in [0.25, 0.3) is 0 Å². The molecule has 0 atom stereocenters. The fourth-order valence-electron chi connectivity index (χ4n) is 3.10. The van der Waals surface area contributed by atoms with E-state index in [9.17, 15) is 14.4 Å². The number of hydrogen-bond donors (Lipinski definition) is 1. The van der Waals surface area contributed by atoms with E-state index in [1.54, 1.807) is 39.8 Å². The lowest BCUT2D eigenvalue weighted by Crippen LogP contribution is -2.16. The second kappa shape index (κ2) is 8.77. The number of H-pyrrole nitrogens is 1. The van der Waals surface area contributed by atoms with Crippen LogP contribution < -0.4 is 0 Å². The van der Waals surface area contributed by atoms with Crippen LogP contribution in [0.4, 0.5) is 0 Å². The van der Waals surface area contributed by atoms with Crippen LogP contribution in [0.25, 0.3) is 11.5 Å². The maximum absolute atomic E-state index is 12.6. The van der Waals surface area contributed by atoms with Gasteiger partial charge in [0.1, 0.15) is 5.76 Å². The number of nitrogens with one attached hydrogen (secondary N) is 1. The second-order valence-electron chi connectivity index (χ2n) is 6.63. The Labute approximate surface area is 173 Å². The van der Waals surface area contributed by atoms with Gasteiger partial charge in [0.15, 0.2) is 12.3 Å². The molecule has 1 N–H and O–H groups in total. The standard InChI is InChI=1S/C22H22N2O6/c1-5-28-21(26)17-12(2)18(23-13(17)3)16(25)11-29-22(27)19-14(4)30-20(24-19)15-9-7-6-8-10-15/h6-10,23H,5,11H2,1-4H3. The number of aromatic amines is 1. The van der Waals surface area contributed by atoms with E-state index in [1.807, 2.05) is 18.2 Å². The number of carbonyl (C=O) groups excluding carboxylic acids is 3. The van der Waals surface area contributed by atoms with Gasteiger partial charge in [0.2, 0.25) is 11.7 Å². The molecule has 156 valence electrons. The number of esters is 2. The van der Waals surface area contributed by atoms with Crippen LogP contribution in [0, 0.1) is 20.8 Å². The summed E-state index contributed by atoms with van der Waals surface area (Å²) in [6.07, 6.45) is 0. The number of nitrogens with zero attached hydrogens (tertiary/aromatic N) is 1. The predicted octanol–water partition coefficient (Wildman–Crippen LogP) is 3.81. The van der Waals surface area contributed by atoms with Crippen molar-refractivity contribution in [3.8, 4) is 11.5 Å². The molecule has 0 bridgehead atoms. The number of ketones is 1. The van der Waals surface area contributed by atoms with E-state index >= 15 is 0 Å². The first-order valence-corrected chi connectivity index (χ1v) is 9.42. The molecule has 2 heterocycles. The maximum atomic E-state index is 12.6. The van der Waals surface area contributed by atoms with Crippen molar-refractivity contribution in [2.75, 3.05) is 13.2 Å². The first kappa shape index (κ1) is 21.0. The van der Waals surface area contributed by atoms with Crippen molar-refractivity contribution in [1.29, 1.82) is 0 Å². The van der Waals surface area contributed by atoms with Crippen LogP contribution in [0.5, 0.6) is 0 Å². The molecule has 2 aromatic heterocycles. The van der Waals surface area contributed by atoms with E-state index < -0.39 is 24.3 Å². The summed E-state index contributed by atoms with van der Waals surface area (Å²) in [4.78, 5) is 44.1. The summed E-state index contributed by atoms with van der Waals surface area (Å²) in [5.74, 6) is -1.15. The summed E-state index contributed by atoms with van der Waals surface area (Å²) < 4.78 is 15.7. The Hall–Kier alpha value is -3.68. The average molecular weight is 410 g/mol. The fraction of sp³-hybridized carbons (Fsp3) is 0.273. The van der Waals surface area contributed by atoms with Crippen molar-refractivity contribution in [3.63, 3.8) is 0 Å². The average Bonchev–Trinajstić information content (AvgIpc) is 3.26. The van der Waals surface area contributed by atoms with Gasteiger partial charge in [-0.3, -0.25) is 4.79 Å². The Kier molecular flexibility index (Phi) is 6.15. The minimum atomic E-state index is -0.765. The molecule has 3 aromatic rings. The Morgan fingerprint density at radius 1 is 1.03 bits per heavy atom. The predicted molar refractivity (Wildman–Crippen MR) is 108 cm³/mol. The number of aryl methyl sites for hydroxylation is 2. The zero-order valence-electron chi connectivity index (χ0n) is 17.2. The molecule has 3 rings (SSSR count). The fourth-order valence-corrected chi connectivity index (χ4v) is 3.10. The molecular weight excluding hydrogens is 388 g/mol. The van der Waals surface area contributed by atoms with Crippen molar-refractivity contribution in [3.05, 3.63) is 64.3 Å². The van der Waals surface area contributed by atoms with Crippen LogP contribution in [0.2, 0.25) is 0 Å². The molecule has 0 fully saturated rings. The van der Waals surface area contributed by atoms with E-state index in [2.05, 4.69) is 9.97 Å². The third kappa shape index (κ3) is 4.17. The molecule has 8 heteroatoms. The number of hydrogen-bond acceptors (Lipinski definition) is 7.